The number of hydrogen-bond donors (Lipinski definition) is 2. The maximum Gasteiger partial charge on any atom is 0.231 e. The molecular weight excluding hydrogens is 407 g/mol. The number of rotatable bonds is 9. The van der Waals surface area contributed by atoms with E-state index in [1.165, 1.54) is 38.4 Å². The second kappa shape index (κ2) is 10.8. The van der Waals surface area contributed by atoms with Crippen molar-refractivity contribution >= 4 is 17.5 Å². The molecule has 1 amide bonds. The third-order valence-corrected chi connectivity index (χ3v) is 7.79. The number of anilines is 2. The number of nitrogens with one attached hydrogen (secondary N) is 1. The molecule has 0 atom stereocenters. The number of hydrogen-bond acceptors (Lipinski definition) is 6. The minimum atomic E-state index is -0.310. The van der Waals surface area contributed by atoms with E-state index in [0.29, 0.717) is 42.6 Å². The lowest BCUT2D eigenvalue weighted by atomic mass is 9.82. The van der Waals surface area contributed by atoms with Gasteiger partial charge in [-0.2, -0.15) is 4.39 Å². The fourth-order valence-electron chi connectivity index (χ4n) is 5.39. The smallest absolute Gasteiger partial charge is 0.231 e. The predicted molar refractivity (Wildman–Crippen MR) is 125 cm³/mol. The van der Waals surface area contributed by atoms with Crippen LogP contribution in [0.15, 0.2) is 6.33 Å². The molecule has 1 saturated heterocycles. The van der Waals surface area contributed by atoms with Crippen LogP contribution in [0.3, 0.4) is 0 Å². The highest BCUT2D eigenvalue weighted by molar-refractivity contribution is 5.75. The summed E-state index contributed by atoms with van der Waals surface area (Å²) >= 11 is 0. The molecule has 0 radical (unpaired) electrons. The van der Waals surface area contributed by atoms with Gasteiger partial charge in [-0.15, -0.1) is 0 Å². The average molecular weight is 447 g/mol. The zero-order chi connectivity index (χ0) is 22.5. The first kappa shape index (κ1) is 23.2. The molecule has 8 heteroatoms. The van der Waals surface area contributed by atoms with Gasteiger partial charge in [0.05, 0.1) is 6.54 Å². The number of amides is 1. The standard InChI is InChI=1S/C24H39FN6O/c1-17-5-7-19(8-6-17)14-31(20-3-2-4-20)24-22(25)23(28-16-29-24)27-13-18-9-11-30(12-10-18)15-21(26)32/h16-20H,2-15H2,1H3,(H2,26,32)(H,27,28,29). The van der Waals surface area contributed by atoms with Crippen LogP contribution in [0, 0.1) is 23.6 Å². The maximum atomic E-state index is 15.5. The Kier molecular flexibility index (Phi) is 7.81. The highest BCUT2D eigenvalue weighted by atomic mass is 19.1. The van der Waals surface area contributed by atoms with Crippen LogP contribution in [-0.2, 0) is 4.79 Å². The molecule has 1 aromatic heterocycles. The molecule has 0 aromatic carbocycles. The number of likely N-dealkylation sites (tertiary alicyclic amines) is 1. The van der Waals surface area contributed by atoms with Gasteiger partial charge in [0.2, 0.25) is 11.7 Å². The van der Waals surface area contributed by atoms with Crippen LogP contribution >= 0.6 is 0 Å². The first-order valence-electron chi connectivity index (χ1n) is 12.5. The van der Waals surface area contributed by atoms with Crippen LogP contribution in [0.25, 0.3) is 0 Å². The largest absolute Gasteiger partial charge is 0.369 e. The summed E-state index contributed by atoms with van der Waals surface area (Å²) in [6.07, 6.45) is 11.9. The average Bonchev–Trinajstić information content (AvgIpc) is 2.73. The maximum absolute atomic E-state index is 15.5. The monoisotopic (exact) mass is 446 g/mol. The second-order valence-corrected chi connectivity index (χ2v) is 10.3. The van der Waals surface area contributed by atoms with Gasteiger partial charge in [0.25, 0.3) is 0 Å². The quantitative estimate of drug-likeness (QED) is 0.604. The summed E-state index contributed by atoms with van der Waals surface area (Å²) in [6, 6.07) is 0.404. The highest BCUT2D eigenvalue weighted by Gasteiger charge is 2.32. The molecule has 1 aromatic rings. The van der Waals surface area contributed by atoms with Crippen molar-refractivity contribution in [2.45, 2.75) is 70.8 Å². The van der Waals surface area contributed by atoms with Crippen molar-refractivity contribution in [3.63, 3.8) is 0 Å². The Morgan fingerprint density at radius 1 is 1.12 bits per heavy atom. The molecule has 2 aliphatic carbocycles. The van der Waals surface area contributed by atoms with Gasteiger partial charge in [-0.3, -0.25) is 9.69 Å². The summed E-state index contributed by atoms with van der Waals surface area (Å²) in [5, 5.41) is 3.26. The lowest BCUT2D eigenvalue weighted by Gasteiger charge is -2.41. The number of primary amides is 1. The van der Waals surface area contributed by atoms with Crippen molar-refractivity contribution in [1.82, 2.24) is 14.9 Å². The molecule has 4 rings (SSSR count). The van der Waals surface area contributed by atoms with E-state index < -0.39 is 0 Å². The lowest BCUT2D eigenvalue weighted by molar-refractivity contribution is -0.119. The molecule has 3 aliphatic rings. The number of piperidine rings is 1. The molecular formula is C24H39FN6O. The summed E-state index contributed by atoms with van der Waals surface area (Å²) in [6.45, 7) is 5.94. The molecule has 3 N–H and O–H groups in total. The van der Waals surface area contributed by atoms with Crippen LogP contribution in [0.1, 0.15) is 64.7 Å². The first-order valence-corrected chi connectivity index (χ1v) is 12.5. The van der Waals surface area contributed by atoms with Gasteiger partial charge in [0.1, 0.15) is 6.33 Å². The fourth-order valence-corrected chi connectivity index (χ4v) is 5.39. The first-order chi connectivity index (χ1) is 15.5. The van der Waals surface area contributed by atoms with Crippen molar-refractivity contribution in [3.8, 4) is 0 Å². The van der Waals surface area contributed by atoms with Gasteiger partial charge in [-0.05, 0) is 75.8 Å². The van der Waals surface area contributed by atoms with E-state index in [1.807, 2.05) is 0 Å². The molecule has 0 bridgehead atoms. The van der Waals surface area contributed by atoms with Gasteiger partial charge >= 0.3 is 0 Å². The van der Waals surface area contributed by atoms with E-state index in [9.17, 15) is 4.79 Å². The third kappa shape index (κ3) is 5.88. The van der Waals surface area contributed by atoms with Crippen molar-refractivity contribution < 1.29 is 9.18 Å². The SMILES string of the molecule is CC1CCC(CN(c2ncnc(NCC3CCN(CC(N)=O)CC3)c2F)C2CCC2)CC1. The third-order valence-electron chi connectivity index (χ3n) is 7.79. The highest BCUT2D eigenvalue weighted by Crippen LogP contribution is 2.35. The van der Waals surface area contributed by atoms with E-state index in [0.717, 1.165) is 51.2 Å². The van der Waals surface area contributed by atoms with E-state index in [2.05, 4.69) is 32.0 Å². The zero-order valence-corrected chi connectivity index (χ0v) is 19.4. The molecule has 178 valence electrons. The molecule has 3 fully saturated rings. The number of aromatic nitrogens is 2. The Bertz CT molecular complexity index is 757. The Balaban J connectivity index is 1.36. The number of carbonyl (C=O) groups is 1. The van der Waals surface area contributed by atoms with E-state index in [-0.39, 0.29) is 11.7 Å². The summed E-state index contributed by atoms with van der Waals surface area (Å²) in [5.41, 5.74) is 5.30. The topological polar surface area (TPSA) is 87.4 Å². The summed E-state index contributed by atoms with van der Waals surface area (Å²) < 4.78 is 15.5. The second-order valence-electron chi connectivity index (χ2n) is 10.3. The molecule has 7 nitrogen and oxygen atoms in total. The van der Waals surface area contributed by atoms with Gasteiger partial charge in [0.15, 0.2) is 11.6 Å². The van der Waals surface area contributed by atoms with Crippen molar-refractivity contribution in [2.24, 2.45) is 23.5 Å². The minimum Gasteiger partial charge on any atom is -0.369 e. The molecule has 2 saturated carbocycles. The van der Waals surface area contributed by atoms with Crippen molar-refractivity contribution in [1.29, 1.82) is 0 Å². The van der Waals surface area contributed by atoms with Crippen LogP contribution in [0.4, 0.5) is 16.0 Å². The van der Waals surface area contributed by atoms with Gasteiger partial charge in [0, 0.05) is 19.1 Å². The van der Waals surface area contributed by atoms with Crippen LogP contribution in [-0.4, -0.2) is 59.5 Å². The van der Waals surface area contributed by atoms with E-state index >= 15 is 4.39 Å². The molecule has 0 spiro atoms. The number of carbonyl (C=O) groups excluding carboxylic acids is 1. The normalized spacial score (nSPS) is 25.3. The van der Waals surface area contributed by atoms with E-state index in [1.54, 1.807) is 0 Å². The Morgan fingerprint density at radius 2 is 1.84 bits per heavy atom. The number of halogens is 1. The Morgan fingerprint density at radius 3 is 2.47 bits per heavy atom. The summed E-state index contributed by atoms with van der Waals surface area (Å²) in [7, 11) is 0. The number of nitrogens with zero attached hydrogens (tertiary/aromatic N) is 4. The summed E-state index contributed by atoms with van der Waals surface area (Å²) in [4.78, 5) is 24.1. The molecule has 1 aliphatic heterocycles. The Hall–Kier alpha value is -1.96. The lowest BCUT2D eigenvalue weighted by Crippen LogP contribution is -2.44. The summed E-state index contributed by atoms with van der Waals surface area (Å²) in [5.74, 6) is 2.08. The molecule has 0 unspecified atom stereocenters. The van der Waals surface area contributed by atoms with E-state index in [4.69, 9.17) is 5.73 Å². The number of nitrogens with two attached hydrogens (primary N) is 1. The van der Waals surface area contributed by atoms with Crippen molar-refractivity contribution in [2.75, 3.05) is 42.9 Å². The van der Waals surface area contributed by atoms with Crippen molar-refractivity contribution in [3.05, 3.63) is 12.1 Å². The van der Waals surface area contributed by atoms with Gasteiger partial charge < -0.3 is 16.0 Å². The van der Waals surface area contributed by atoms with Gasteiger partial charge in [-0.1, -0.05) is 19.8 Å². The fraction of sp³-hybridized carbons (Fsp3) is 0.792. The molecule has 2 heterocycles. The van der Waals surface area contributed by atoms with Crippen LogP contribution in [0.2, 0.25) is 0 Å². The minimum absolute atomic E-state index is 0.282. The molecule has 32 heavy (non-hydrogen) atoms. The van der Waals surface area contributed by atoms with Crippen LogP contribution in [0.5, 0.6) is 0 Å². The zero-order valence-electron chi connectivity index (χ0n) is 19.4. The van der Waals surface area contributed by atoms with Gasteiger partial charge in [-0.25, -0.2) is 9.97 Å². The van der Waals surface area contributed by atoms with Crippen LogP contribution < -0.4 is 16.0 Å². The predicted octanol–water partition coefficient (Wildman–Crippen LogP) is 3.41. The Labute approximate surface area is 191 Å².